The van der Waals surface area contributed by atoms with Crippen LogP contribution in [0.3, 0.4) is 0 Å². The van der Waals surface area contributed by atoms with E-state index in [9.17, 15) is 4.79 Å². The van der Waals surface area contributed by atoms with Crippen molar-refractivity contribution < 1.29 is 0 Å². The number of halogens is 1. The second-order valence-electron chi connectivity index (χ2n) is 4.53. The van der Waals surface area contributed by atoms with Crippen LogP contribution in [0.2, 0.25) is 5.02 Å². The lowest BCUT2D eigenvalue weighted by atomic mass is 10.0. The number of allylic oxidation sites excluding steroid dienone is 1. The number of hydrogen-bond acceptors (Lipinski definition) is 3. The van der Waals surface area contributed by atoms with Crippen molar-refractivity contribution in [1.82, 2.24) is 9.78 Å². The first kappa shape index (κ1) is 13.1. The van der Waals surface area contributed by atoms with E-state index in [2.05, 4.69) is 22.6 Å². The Morgan fingerprint density at radius 2 is 2.39 bits per heavy atom. The Kier molecular flexibility index (Phi) is 4.42. The maximum atomic E-state index is 11.9. The lowest BCUT2D eigenvalue weighted by molar-refractivity contribution is 0.567. The molecule has 1 N–H and O–H groups in total. The molecule has 0 saturated carbocycles. The first-order chi connectivity index (χ1) is 8.72. The van der Waals surface area contributed by atoms with Crippen LogP contribution in [0.25, 0.3) is 0 Å². The van der Waals surface area contributed by atoms with E-state index in [4.69, 9.17) is 11.6 Å². The highest BCUT2D eigenvalue weighted by atomic mass is 35.5. The number of rotatable bonds is 4. The molecule has 0 fully saturated rings. The van der Waals surface area contributed by atoms with Crippen LogP contribution in [0.4, 0.5) is 5.69 Å². The quantitative estimate of drug-likeness (QED) is 0.854. The maximum absolute atomic E-state index is 11.9. The normalized spacial score (nSPS) is 18.9. The summed E-state index contributed by atoms with van der Waals surface area (Å²) in [5, 5.41) is 7.68. The van der Waals surface area contributed by atoms with E-state index in [-0.39, 0.29) is 10.6 Å². The van der Waals surface area contributed by atoms with Crippen molar-refractivity contribution in [2.75, 3.05) is 5.32 Å². The zero-order chi connectivity index (χ0) is 13.0. The van der Waals surface area contributed by atoms with Crippen LogP contribution in [0.15, 0.2) is 23.1 Å². The molecule has 1 aliphatic carbocycles. The van der Waals surface area contributed by atoms with Crippen molar-refractivity contribution in [3.05, 3.63) is 33.7 Å². The largest absolute Gasteiger partial charge is 0.379 e. The van der Waals surface area contributed by atoms with Crippen molar-refractivity contribution >= 4 is 17.3 Å². The van der Waals surface area contributed by atoms with E-state index in [0.717, 1.165) is 25.7 Å². The van der Waals surface area contributed by atoms with Gasteiger partial charge in [0.2, 0.25) is 0 Å². The highest BCUT2D eigenvalue weighted by Gasteiger charge is 2.14. The Balaban J connectivity index is 2.16. The molecule has 1 unspecified atom stereocenters. The molecule has 0 amide bonds. The first-order valence-corrected chi connectivity index (χ1v) is 6.77. The smallest absolute Gasteiger partial charge is 0.287 e. The minimum atomic E-state index is -0.213. The van der Waals surface area contributed by atoms with Crippen LogP contribution < -0.4 is 10.9 Å². The number of hydrogen-bond donors (Lipinski definition) is 1. The second-order valence-corrected chi connectivity index (χ2v) is 4.90. The lowest BCUT2D eigenvalue weighted by Gasteiger charge is -2.21. The molecule has 0 radical (unpaired) electrons. The average molecular weight is 268 g/mol. The van der Waals surface area contributed by atoms with Crippen molar-refractivity contribution in [3.63, 3.8) is 0 Å². The topological polar surface area (TPSA) is 46.9 Å². The van der Waals surface area contributed by atoms with E-state index in [1.54, 1.807) is 6.20 Å². The maximum Gasteiger partial charge on any atom is 0.287 e. The molecule has 1 aromatic rings. The standard InChI is InChI=1S/C13H18ClN3O/c1-2-8-17-13(18)12(14)11(9-15-17)16-10-6-4-3-5-7-10/h3-4,9-10,16H,2,5-8H2,1H3. The molecular weight excluding hydrogens is 250 g/mol. The monoisotopic (exact) mass is 267 g/mol. The van der Waals surface area contributed by atoms with Gasteiger partial charge < -0.3 is 5.32 Å². The zero-order valence-electron chi connectivity index (χ0n) is 10.5. The van der Waals surface area contributed by atoms with Gasteiger partial charge in [0.15, 0.2) is 0 Å². The van der Waals surface area contributed by atoms with Gasteiger partial charge in [0.1, 0.15) is 5.02 Å². The van der Waals surface area contributed by atoms with Crippen molar-refractivity contribution in [2.24, 2.45) is 0 Å². The molecular formula is C13H18ClN3O. The molecule has 18 heavy (non-hydrogen) atoms. The first-order valence-electron chi connectivity index (χ1n) is 6.39. The van der Waals surface area contributed by atoms with Gasteiger partial charge in [0, 0.05) is 12.6 Å². The van der Waals surface area contributed by atoms with E-state index < -0.39 is 0 Å². The highest BCUT2D eigenvalue weighted by Crippen LogP contribution is 2.21. The number of nitrogens with one attached hydrogen (secondary N) is 1. The number of aryl methyl sites for hydroxylation is 1. The molecule has 0 bridgehead atoms. The van der Waals surface area contributed by atoms with Gasteiger partial charge in [-0.1, -0.05) is 30.7 Å². The van der Waals surface area contributed by atoms with E-state index in [1.807, 2.05) is 6.92 Å². The van der Waals surface area contributed by atoms with E-state index in [0.29, 0.717) is 18.3 Å². The molecule has 2 rings (SSSR count). The fourth-order valence-corrected chi connectivity index (χ4v) is 2.28. The number of nitrogens with zero attached hydrogens (tertiary/aromatic N) is 2. The number of anilines is 1. The highest BCUT2D eigenvalue weighted by molar-refractivity contribution is 6.32. The van der Waals surface area contributed by atoms with Gasteiger partial charge in [-0.25, -0.2) is 4.68 Å². The third-order valence-electron chi connectivity index (χ3n) is 3.05. The number of aromatic nitrogens is 2. The van der Waals surface area contributed by atoms with Crippen molar-refractivity contribution in [1.29, 1.82) is 0 Å². The molecule has 0 saturated heterocycles. The van der Waals surface area contributed by atoms with Crippen molar-refractivity contribution in [3.8, 4) is 0 Å². The SMILES string of the molecule is CCCn1ncc(NC2CC=CCC2)c(Cl)c1=O. The van der Waals surface area contributed by atoms with Crippen LogP contribution in [-0.4, -0.2) is 15.8 Å². The summed E-state index contributed by atoms with van der Waals surface area (Å²) in [5.41, 5.74) is 0.434. The van der Waals surface area contributed by atoms with Crippen LogP contribution >= 0.6 is 11.6 Å². The molecule has 0 aromatic carbocycles. The van der Waals surface area contributed by atoms with Crippen LogP contribution in [0, 0.1) is 0 Å². The molecule has 0 spiro atoms. The van der Waals surface area contributed by atoms with Gasteiger partial charge in [-0.2, -0.15) is 5.10 Å². The summed E-state index contributed by atoms with van der Waals surface area (Å²) in [6.07, 6.45) is 9.94. The molecule has 1 aromatic heterocycles. The fourth-order valence-electron chi connectivity index (χ4n) is 2.08. The summed E-state index contributed by atoms with van der Waals surface area (Å²) in [5.74, 6) is 0. The molecule has 98 valence electrons. The zero-order valence-corrected chi connectivity index (χ0v) is 11.3. The molecule has 5 heteroatoms. The molecule has 1 aliphatic rings. The Bertz CT molecular complexity index is 495. The Morgan fingerprint density at radius 1 is 1.56 bits per heavy atom. The molecule has 0 aliphatic heterocycles. The fraction of sp³-hybridized carbons (Fsp3) is 0.538. The van der Waals surface area contributed by atoms with E-state index >= 15 is 0 Å². The minimum Gasteiger partial charge on any atom is -0.379 e. The summed E-state index contributed by atoms with van der Waals surface area (Å²) in [4.78, 5) is 11.9. The third-order valence-corrected chi connectivity index (χ3v) is 3.41. The minimum absolute atomic E-state index is 0.213. The third kappa shape index (κ3) is 2.93. The summed E-state index contributed by atoms with van der Waals surface area (Å²) in [6.45, 7) is 2.60. The Morgan fingerprint density at radius 3 is 3.06 bits per heavy atom. The van der Waals surface area contributed by atoms with Gasteiger partial charge in [-0.3, -0.25) is 4.79 Å². The summed E-state index contributed by atoms with van der Waals surface area (Å²) >= 11 is 6.10. The van der Waals surface area contributed by atoms with Gasteiger partial charge in [0.05, 0.1) is 11.9 Å². The molecule has 4 nitrogen and oxygen atoms in total. The van der Waals surface area contributed by atoms with Crippen LogP contribution in [-0.2, 0) is 6.54 Å². The summed E-state index contributed by atoms with van der Waals surface area (Å²) in [6, 6.07) is 0.343. The Labute approximate surface area is 112 Å². The predicted octanol–water partition coefficient (Wildman–Crippen LogP) is 2.83. The predicted molar refractivity (Wildman–Crippen MR) is 74.2 cm³/mol. The van der Waals surface area contributed by atoms with Crippen LogP contribution in [0.5, 0.6) is 0 Å². The summed E-state index contributed by atoms with van der Waals surface area (Å²) in [7, 11) is 0. The van der Waals surface area contributed by atoms with Gasteiger partial charge in [0.25, 0.3) is 5.56 Å². The van der Waals surface area contributed by atoms with Gasteiger partial charge in [-0.15, -0.1) is 0 Å². The van der Waals surface area contributed by atoms with Gasteiger partial charge >= 0.3 is 0 Å². The second kappa shape index (κ2) is 6.05. The van der Waals surface area contributed by atoms with Gasteiger partial charge in [-0.05, 0) is 25.7 Å². The Hall–Kier alpha value is -1.29. The summed E-state index contributed by atoms with van der Waals surface area (Å²) < 4.78 is 1.41. The lowest BCUT2D eigenvalue weighted by Crippen LogP contribution is -2.27. The van der Waals surface area contributed by atoms with Crippen molar-refractivity contribution in [2.45, 2.75) is 45.2 Å². The molecule has 1 atom stereocenters. The van der Waals surface area contributed by atoms with Crippen LogP contribution in [0.1, 0.15) is 32.6 Å². The average Bonchev–Trinajstić information content (AvgIpc) is 2.40. The molecule has 1 heterocycles. The van der Waals surface area contributed by atoms with E-state index in [1.165, 1.54) is 4.68 Å².